The number of hydrogen-bond donors (Lipinski definition) is 0. The van der Waals surface area contributed by atoms with E-state index in [2.05, 4.69) is 0 Å². The van der Waals surface area contributed by atoms with Gasteiger partial charge in [0.2, 0.25) is 17.6 Å². The zero-order valence-corrected chi connectivity index (χ0v) is 18.4. The number of para-hydroxylation sites is 1. The van der Waals surface area contributed by atoms with Gasteiger partial charge in [-0.05, 0) is 0 Å². The van der Waals surface area contributed by atoms with Crippen molar-refractivity contribution in [2.45, 2.75) is 13.0 Å². The van der Waals surface area contributed by atoms with Crippen LogP contribution < -0.4 is 19.1 Å². The van der Waals surface area contributed by atoms with Crippen LogP contribution in [0.4, 0.5) is 11.4 Å². The van der Waals surface area contributed by atoms with Crippen LogP contribution in [0.15, 0.2) is 36.4 Å². The fraction of sp³-hybridized carbons (Fsp3) is 0.364. The molecule has 0 aromatic heterocycles. The van der Waals surface area contributed by atoms with Gasteiger partial charge in [0.05, 0.1) is 44.4 Å². The monoisotopic (exact) mass is 443 g/mol. The number of carbonyl (C=O) groups is 2. The van der Waals surface area contributed by atoms with Crippen LogP contribution in [0.1, 0.15) is 12.0 Å². The predicted octanol–water partition coefficient (Wildman–Crippen LogP) is 2.63. The van der Waals surface area contributed by atoms with E-state index in [-0.39, 0.29) is 37.0 Å². The lowest BCUT2D eigenvalue weighted by Gasteiger charge is -2.22. The average Bonchev–Trinajstić information content (AvgIpc) is 3.19. The Morgan fingerprint density at radius 2 is 1.78 bits per heavy atom. The number of carbonyl (C=O) groups excluding carboxylic acids is 2. The maximum atomic E-state index is 13.0. The van der Waals surface area contributed by atoms with E-state index in [1.54, 1.807) is 37.4 Å². The molecule has 2 aromatic carbocycles. The molecule has 0 bridgehead atoms. The SMILES string of the molecule is COc1cc(N2CC(C(=O)N(C)Cc3ccccc3[N+](=O)[O-])CC2=O)cc(OC)c1OC. The molecule has 0 aliphatic carbocycles. The summed E-state index contributed by atoms with van der Waals surface area (Å²) < 4.78 is 16.0. The molecular weight excluding hydrogens is 418 g/mol. The average molecular weight is 443 g/mol. The first kappa shape index (κ1) is 22.9. The summed E-state index contributed by atoms with van der Waals surface area (Å²) in [6, 6.07) is 9.59. The standard InChI is InChI=1S/C22H25N3O7/c1-23(12-14-7-5-6-8-17(14)25(28)29)22(27)15-9-20(26)24(13-15)16-10-18(30-2)21(32-4)19(11-16)31-3/h5-8,10-11,15H,9,12-13H2,1-4H3. The highest BCUT2D eigenvalue weighted by Crippen LogP contribution is 2.42. The van der Waals surface area contributed by atoms with Crippen molar-refractivity contribution in [3.05, 3.63) is 52.1 Å². The van der Waals surface area contributed by atoms with Crippen molar-refractivity contribution in [2.75, 3.05) is 39.8 Å². The molecule has 1 unspecified atom stereocenters. The Morgan fingerprint density at radius 3 is 2.34 bits per heavy atom. The van der Waals surface area contributed by atoms with Gasteiger partial charge in [-0.3, -0.25) is 19.7 Å². The number of nitro benzene ring substituents is 1. The molecule has 10 nitrogen and oxygen atoms in total. The molecule has 2 amide bonds. The van der Waals surface area contributed by atoms with E-state index in [0.717, 1.165) is 0 Å². The number of nitrogens with zero attached hydrogens (tertiary/aromatic N) is 3. The van der Waals surface area contributed by atoms with Gasteiger partial charge in [0.1, 0.15) is 0 Å². The maximum Gasteiger partial charge on any atom is 0.274 e. The molecule has 1 saturated heterocycles. The second-order valence-corrected chi connectivity index (χ2v) is 7.37. The van der Waals surface area contributed by atoms with E-state index in [0.29, 0.717) is 28.5 Å². The van der Waals surface area contributed by atoms with E-state index >= 15 is 0 Å². The number of benzene rings is 2. The Kier molecular flexibility index (Phi) is 6.82. The molecule has 1 atom stereocenters. The van der Waals surface area contributed by atoms with Crippen LogP contribution in [0.25, 0.3) is 0 Å². The second kappa shape index (κ2) is 9.54. The molecule has 2 aromatic rings. The highest BCUT2D eigenvalue weighted by molar-refractivity contribution is 6.00. The van der Waals surface area contributed by atoms with E-state index in [1.165, 1.54) is 37.2 Å². The van der Waals surface area contributed by atoms with Gasteiger partial charge in [0, 0.05) is 43.8 Å². The first-order chi connectivity index (χ1) is 15.3. The molecule has 1 heterocycles. The summed E-state index contributed by atoms with van der Waals surface area (Å²) in [5, 5.41) is 11.2. The minimum atomic E-state index is -0.575. The summed E-state index contributed by atoms with van der Waals surface area (Å²) in [7, 11) is 6.03. The summed E-state index contributed by atoms with van der Waals surface area (Å²) in [4.78, 5) is 39.4. The Labute approximate surface area is 185 Å². The highest BCUT2D eigenvalue weighted by Gasteiger charge is 2.37. The molecule has 0 N–H and O–H groups in total. The third-order valence-electron chi connectivity index (χ3n) is 5.41. The van der Waals surface area contributed by atoms with E-state index < -0.39 is 10.8 Å². The van der Waals surface area contributed by atoms with Gasteiger partial charge >= 0.3 is 0 Å². The lowest BCUT2D eigenvalue weighted by molar-refractivity contribution is -0.385. The topological polar surface area (TPSA) is 111 Å². The maximum absolute atomic E-state index is 13.0. The van der Waals surface area contributed by atoms with Gasteiger partial charge in [-0.2, -0.15) is 0 Å². The Morgan fingerprint density at radius 1 is 1.16 bits per heavy atom. The van der Waals surface area contributed by atoms with E-state index in [4.69, 9.17) is 14.2 Å². The molecule has 1 fully saturated rings. The summed E-state index contributed by atoms with van der Waals surface area (Å²) in [5.41, 5.74) is 0.911. The third-order valence-corrected chi connectivity index (χ3v) is 5.41. The van der Waals surface area contributed by atoms with Crippen LogP contribution in [0, 0.1) is 16.0 Å². The zero-order valence-electron chi connectivity index (χ0n) is 18.4. The highest BCUT2D eigenvalue weighted by atomic mass is 16.6. The molecule has 1 aliphatic rings. The summed E-state index contributed by atoms with van der Waals surface area (Å²) in [6.07, 6.45) is 0.0384. The molecule has 1 aliphatic heterocycles. The second-order valence-electron chi connectivity index (χ2n) is 7.37. The molecule has 3 rings (SSSR count). The zero-order chi connectivity index (χ0) is 23.4. The van der Waals surface area contributed by atoms with Crippen molar-refractivity contribution in [1.29, 1.82) is 0 Å². The minimum absolute atomic E-state index is 0.0384. The van der Waals surface area contributed by atoms with E-state index in [1.807, 2.05) is 0 Å². The lowest BCUT2D eigenvalue weighted by atomic mass is 10.1. The Balaban J connectivity index is 1.78. The van der Waals surface area contributed by atoms with Gasteiger partial charge in [0.15, 0.2) is 11.5 Å². The van der Waals surface area contributed by atoms with Crippen molar-refractivity contribution < 1.29 is 28.7 Å². The molecule has 10 heteroatoms. The Bertz CT molecular complexity index is 1010. The number of hydrogen-bond acceptors (Lipinski definition) is 7. The number of rotatable bonds is 8. The van der Waals surface area contributed by atoms with Crippen LogP contribution in [-0.4, -0.2) is 56.6 Å². The molecule has 170 valence electrons. The summed E-state index contributed by atoms with van der Waals surface area (Å²) in [6.45, 7) is 0.252. The van der Waals surface area contributed by atoms with Gasteiger partial charge in [-0.1, -0.05) is 18.2 Å². The summed E-state index contributed by atoms with van der Waals surface area (Å²) >= 11 is 0. The molecule has 0 spiro atoms. The molecule has 32 heavy (non-hydrogen) atoms. The minimum Gasteiger partial charge on any atom is -0.493 e. The van der Waals surface area contributed by atoms with E-state index in [9.17, 15) is 19.7 Å². The van der Waals surface area contributed by atoms with Crippen LogP contribution in [0.5, 0.6) is 17.2 Å². The van der Waals surface area contributed by atoms with Crippen molar-refractivity contribution >= 4 is 23.2 Å². The number of methoxy groups -OCH3 is 3. The molecule has 0 saturated carbocycles. The largest absolute Gasteiger partial charge is 0.493 e. The fourth-order valence-electron chi connectivity index (χ4n) is 3.81. The molecule has 0 radical (unpaired) electrons. The van der Waals surface area contributed by atoms with Gasteiger partial charge in [0.25, 0.3) is 5.69 Å². The fourth-order valence-corrected chi connectivity index (χ4v) is 3.81. The lowest BCUT2D eigenvalue weighted by Crippen LogP contribution is -2.34. The van der Waals surface area contributed by atoms with Crippen molar-refractivity contribution in [1.82, 2.24) is 4.90 Å². The van der Waals surface area contributed by atoms with Gasteiger partial charge in [-0.25, -0.2) is 0 Å². The van der Waals surface area contributed by atoms with Crippen LogP contribution >= 0.6 is 0 Å². The normalized spacial score (nSPS) is 15.4. The quantitative estimate of drug-likeness (QED) is 0.455. The summed E-state index contributed by atoms with van der Waals surface area (Å²) in [5.74, 6) is 0.163. The van der Waals surface area contributed by atoms with Crippen molar-refractivity contribution in [3.63, 3.8) is 0 Å². The number of anilines is 1. The van der Waals surface area contributed by atoms with Gasteiger partial charge in [-0.15, -0.1) is 0 Å². The van der Waals surface area contributed by atoms with Crippen molar-refractivity contribution in [3.8, 4) is 17.2 Å². The van der Waals surface area contributed by atoms with Crippen LogP contribution in [-0.2, 0) is 16.1 Å². The first-order valence-corrected chi connectivity index (χ1v) is 9.88. The first-order valence-electron chi connectivity index (χ1n) is 9.88. The van der Waals surface area contributed by atoms with Crippen LogP contribution in [0.2, 0.25) is 0 Å². The third kappa shape index (κ3) is 4.43. The smallest absolute Gasteiger partial charge is 0.274 e. The number of amides is 2. The van der Waals surface area contributed by atoms with Crippen molar-refractivity contribution in [2.24, 2.45) is 5.92 Å². The Hall–Kier alpha value is -3.82. The molecular formula is C22H25N3O7. The van der Waals surface area contributed by atoms with Crippen LogP contribution in [0.3, 0.4) is 0 Å². The predicted molar refractivity (Wildman–Crippen MR) is 116 cm³/mol. The number of ether oxygens (including phenoxy) is 3. The number of nitro groups is 1. The van der Waals surface area contributed by atoms with Gasteiger partial charge < -0.3 is 24.0 Å².